The highest BCUT2D eigenvalue weighted by atomic mass is 16.5. The van der Waals surface area contributed by atoms with E-state index in [1.54, 1.807) is 24.3 Å². The molecule has 0 spiro atoms. The number of fused-ring (bicyclic) bond motifs is 4. The molecular formula is C46H40N4O6. The van der Waals surface area contributed by atoms with E-state index < -0.39 is 46.8 Å². The number of aromatic hydroxyl groups is 1. The van der Waals surface area contributed by atoms with Gasteiger partial charge in [0.2, 0.25) is 11.8 Å². The third kappa shape index (κ3) is 5.38. The monoisotopic (exact) mass is 744 g/mol. The number of hydrogen-bond donors (Lipinski definition) is 3. The zero-order valence-corrected chi connectivity index (χ0v) is 30.9. The number of phenols is 1. The number of carbonyl (C=O) groups excluding carboxylic acids is 4. The Hall–Kier alpha value is -6.68. The number of hydrazine groups is 1. The Labute approximate surface area is 324 Å². The summed E-state index contributed by atoms with van der Waals surface area (Å²) in [5.41, 5.74) is 7.53. The molecule has 0 aromatic heterocycles. The van der Waals surface area contributed by atoms with E-state index in [9.17, 15) is 19.5 Å². The summed E-state index contributed by atoms with van der Waals surface area (Å²) in [6.45, 7) is 1.96. The SMILES string of the molecule is COc1ccc(C2C3=CCC4C(=O)N(c5ccc(Nc6ccccc6)cc5)C(=O)C4C3CC3C(=O)N(Nc4ccc(C)cc4)C(=O)C32c2ccccc2)cc1O. The summed E-state index contributed by atoms with van der Waals surface area (Å²) in [6.07, 6.45) is 2.46. The lowest BCUT2D eigenvalue weighted by Gasteiger charge is -2.50. The first-order valence-corrected chi connectivity index (χ1v) is 18.8. The van der Waals surface area contributed by atoms with Crippen molar-refractivity contribution in [3.05, 3.63) is 156 Å². The highest BCUT2D eigenvalue weighted by molar-refractivity contribution is 6.22. The summed E-state index contributed by atoms with van der Waals surface area (Å²) in [7, 11) is 1.46. The molecule has 5 aromatic carbocycles. The molecular weight excluding hydrogens is 705 g/mol. The first kappa shape index (κ1) is 35.0. The fourth-order valence-electron chi connectivity index (χ4n) is 9.65. The van der Waals surface area contributed by atoms with Crippen molar-refractivity contribution >= 4 is 46.4 Å². The maximum Gasteiger partial charge on any atom is 0.260 e. The first-order chi connectivity index (χ1) is 27.2. The molecule has 0 bridgehead atoms. The number of methoxy groups -OCH3 is 1. The van der Waals surface area contributed by atoms with Gasteiger partial charge in [-0.05, 0) is 97.5 Å². The number of para-hydroxylation sites is 1. The number of imide groups is 2. The van der Waals surface area contributed by atoms with E-state index in [4.69, 9.17) is 4.74 Å². The van der Waals surface area contributed by atoms with Crippen LogP contribution in [0.4, 0.5) is 22.7 Å². The zero-order valence-electron chi connectivity index (χ0n) is 30.9. The molecule has 1 saturated carbocycles. The Morgan fingerprint density at radius 3 is 2.07 bits per heavy atom. The third-order valence-electron chi connectivity index (χ3n) is 12.1. The van der Waals surface area contributed by atoms with E-state index in [2.05, 4.69) is 10.7 Å². The van der Waals surface area contributed by atoms with Crippen molar-refractivity contribution in [1.29, 1.82) is 0 Å². The van der Waals surface area contributed by atoms with Gasteiger partial charge in [0.1, 0.15) is 0 Å². The number of aryl methyl sites for hydroxylation is 1. The summed E-state index contributed by atoms with van der Waals surface area (Å²) in [5.74, 6) is -4.92. The van der Waals surface area contributed by atoms with Gasteiger partial charge in [-0.1, -0.05) is 83.9 Å². The lowest BCUT2D eigenvalue weighted by molar-refractivity contribution is -0.138. The molecule has 0 radical (unpaired) electrons. The van der Waals surface area contributed by atoms with Gasteiger partial charge in [-0.2, -0.15) is 5.01 Å². The number of anilines is 4. The zero-order chi connectivity index (χ0) is 38.7. The number of carbonyl (C=O) groups is 4. The topological polar surface area (TPSA) is 128 Å². The van der Waals surface area contributed by atoms with Crippen molar-refractivity contribution in [3.8, 4) is 11.5 Å². The van der Waals surface area contributed by atoms with Crippen molar-refractivity contribution < 1.29 is 29.0 Å². The van der Waals surface area contributed by atoms with Crippen LogP contribution in [0.2, 0.25) is 0 Å². The fourth-order valence-corrected chi connectivity index (χ4v) is 9.65. The Bertz CT molecular complexity index is 2400. The quantitative estimate of drug-likeness (QED) is 0.109. The van der Waals surface area contributed by atoms with Gasteiger partial charge in [-0.25, -0.2) is 0 Å². The van der Waals surface area contributed by atoms with Crippen LogP contribution >= 0.6 is 0 Å². The molecule has 3 N–H and O–H groups in total. The highest BCUT2D eigenvalue weighted by Crippen LogP contribution is 2.64. The predicted molar refractivity (Wildman–Crippen MR) is 212 cm³/mol. The van der Waals surface area contributed by atoms with Crippen molar-refractivity contribution in [3.63, 3.8) is 0 Å². The van der Waals surface area contributed by atoms with Crippen LogP contribution in [0.25, 0.3) is 0 Å². The Kier molecular flexibility index (Phi) is 8.49. The molecule has 280 valence electrons. The van der Waals surface area contributed by atoms with Crippen molar-refractivity contribution in [2.45, 2.75) is 31.1 Å². The highest BCUT2D eigenvalue weighted by Gasteiger charge is 2.70. The van der Waals surface area contributed by atoms with E-state index in [1.807, 2.05) is 116 Å². The van der Waals surface area contributed by atoms with Crippen LogP contribution in [-0.4, -0.2) is 40.9 Å². The molecule has 10 heteroatoms. The molecule has 3 fully saturated rings. The van der Waals surface area contributed by atoms with Gasteiger partial charge < -0.3 is 15.2 Å². The van der Waals surface area contributed by atoms with Crippen molar-refractivity contribution in [1.82, 2.24) is 5.01 Å². The van der Waals surface area contributed by atoms with Crippen molar-refractivity contribution in [2.24, 2.45) is 23.7 Å². The van der Waals surface area contributed by atoms with E-state index in [0.29, 0.717) is 22.5 Å². The molecule has 6 unspecified atom stereocenters. The summed E-state index contributed by atoms with van der Waals surface area (Å²) in [5, 5.41) is 15.6. The molecule has 9 rings (SSSR count). The molecule has 4 aliphatic rings. The van der Waals surface area contributed by atoms with Crippen LogP contribution in [0.1, 0.15) is 35.4 Å². The van der Waals surface area contributed by atoms with Crippen LogP contribution in [-0.2, 0) is 24.6 Å². The molecule has 10 nitrogen and oxygen atoms in total. The maximum absolute atomic E-state index is 15.3. The second-order valence-electron chi connectivity index (χ2n) is 15.1. The minimum absolute atomic E-state index is 0.115. The number of phenolic OH excluding ortho intramolecular Hbond substituents is 1. The second kappa shape index (κ2) is 13.6. The lowest BCUT2D eigenvalue weighted by Crippen LogP contribution is -2.53. The Morgan fingerprint density at radius 2 is 1.39 bits per heavy atom. The van der Waals surface area contributed by atoms with Crippen LogP contribution in [0.3, 0.4) is 0 Å². The predicted octanol–water partition coefficient (Wildman–Crippen LogP) is 7.64. The first-order valence-electron chi connectivity index (χ1n) is 18.8. The van der Waals surface area contributed by atoms with Crippen LogP contribution in [0.15, 0.2) is 139 Å². The van der Waals surface area contributed by atoms with E-state index in [0.717, 1.165) is 27.5 Å². The van der Waals surface area contributed by atoms with E-state index in [-0.39, 0.29) is 36.2 Å². The minimum atomic E-state index is -1.45. The van der Waals surface area contributed by atoms with Crippen LogP contribution in [0.5, 0.6) is 11.5 Å². The standard InChI is InChI=1S/C46H40N4O6/c1-27-13-16-32(17-14-27)48-50-43(53)37-26-36-34(41(28-15-24-39(56-2)38(51)25-28)46(37,45(50)55)29-9-5-3-6-10-29)22-23-35-40(36)44(54)49(42(35)52)33-20-18-31(19-21-33)47-30-11-7-4-8-12-30/h3-22,24-25,35-37,40-41,47-48,51H,23,26H2,1-2H3. The van der Waals surface area contributed by atoms with Crippen molar-refractivity contribution in [2.75, 3.05) is 22.8 Å². The van der Waals surface area contributed by atoms with Gasteiger partial charge in [0.25, 0.3) is 11.8 Å². The fraction of sp³-hybridized carbons (Fsp3) is 0.217. The number of hydrogen-bond acceptors (Lipinski definition) is 8. The van der Waals surface area contributed by atoms with E-state index >= 15 is 4.79 Å². The van der Waals surface area contributed by atoms with Gasteiger partial charge in [-0.3, -0.25) is 29.5 Å². The van der Waals surface area contributed by atoms with Gasteiger partial charge in [0.05, 0.1) is 41.7 Å². The molecule has 2 saturated heterocycles. The largest absolute Gasteiger partial charge is 0.504 e. The Balaban J connectivity index is 1.15. The average molecular weight is 745 g/mol. The number of benzene rings is 5. The summed E-state index contributed by atoms with van der Waals surface area (Å²) >= 11 is 0. The molecule has 5 aromatic rings. The molecule has 56 heavy (non-hydrogen) atoms. The third-order valence-corrected chi connectivity index (χ3v) is 12.1. The van der Waals surface area contributed by atoms with Crippen LogP contribution < -0.4 is 20.4 Å². The smallest absolute Gasteiger partial charge is 0.260 e. The number of nitrogens with zero attached hydrogens (tertiary/aromatic N) is 2. The van der Waals surface area contributed by atoms with Gasteiger partial charge in [-0.15, -0.1) is 0 Å². The van der Waals surface area contributed by atoms with Crippen LogP contribution in [0, 0.1) is 30.6 Å². The number of nitrogens with one attached hydrogen (secondary N) is 2. The van der Waals surface area contributed by atoms with Gasteiger partial charge in [0.15, 0.2) is 11.5 Å². The normalized spacial score (nSPS) is 25.3. The second-order valence-corrected chi connectivity index (χ2v) is 15.1. The summed E-state index contributed by atoms with van der Waals surface area (Å²) in [4.78, 5) is 60.5. The van der Waals surface area contributed by atoms with E-state index in [1.165, 1.54) is 12.0 Å². The molecule has 6 atom stereocenters. The van der Waals surface area contributed by atoms with Gasteiger partial charge in [0, 0.05) is 17.3 Å². The average Bonchev–Trinajstić information content (AvgIpc) is 3.60. The molecule has 2 aliphatic heterocycles. The Morgan fingerprint density at radius 1 is 0.732 bits per heavy atom. The summed E-state index contributed by atoms with van der Waals surface area (Å²) < 4.78 is 5.40. The molecule has 4 amide bonds. The van der Waals surface area contributed by atoms with Gasteiger partial charge >= 0.3 is 0 Å². The minimum Gasteiger partial charge on any atom is -0.504 e. The number of ether oxygens (including phenoxy) is 1. The number of amides is 4. The summed E-state index contributed by atoms with van der Waals surface area (Å²) in [6, 6.07) is 38.8. The maximum atomic E-state index is 15.3. The number of allylic oxidation sites excluding steroid dienone is 2. The lowest BCUT2D eigenvalue weighted by atomic mass is 9.49. The molecule has 2 heterocycles. The molecule has 2 aliphatic carbocycles. The number of rotatable bonds is 8.